The second-order valence-electron chi connectivity index (χ2n) is 7.55. The maximum absolute atomic E-state index is 12.5. The fraction of sp³-hybridized carbons (Fsp3) is 0.368. The van der Waals surface area contributed by atoms with Crippen LogP contribution in [0.15, 0.2) is 37.3 Å². The van der Waals surface area contributed by atoms with Crippen LogP contribution in [0.5, 0.6) is 0 Å². The van der Waals surface area contributed by atoms with Crippen LogP contribution in [0.1, 0.15) is 61.6 Å². The molecule has 0 saturated carbocycles. The summed E-state index contributed by atoms with van der Waals surface area (Å²) in [6, 6.07) is 4.21. The Morgan fingerprint density at radius 2 is 2.07 bits per heavy atom. The van der Waals surface area contributed by atoms with E-state index < -0.39 is 17.0 Å². The van der Waals surface area contributed by atoms with Crippen molar-refractivity contribution >= 4 is 34.8 Å². The Bertz CT molecular complexity index is 1090. The molecule has 3 aromatic rings. The zero-order valence-corrected chi connectivity index (χ0v) is 18.7. The number of aromatic nitrogens is 3. The van der Waals surface area contributed by atoms with E-state index in [9.17, 15) is 14.9 Å². The van der Waals surface area contributed by atoms with Crippen LogP contribution >= 0.6 is 23.1 Å². The molecule has 0 bridgehead atoms. The first-order valence-corrected chi connectivity index (χ1v) is 10.7. The summed E-state index contributed by atoms with van der Waals surface area (Å²) in [4.78, 5) is 32.5. The van der Waals surface area contributed by atoms with Crippen molar-refractivity contribution in [1.29, 1.82) is 0 Å². The van der Waals surface area contributed by atoms with Gasteiger partial charge in [-0.3, -0.25) is 10.1 Å². The van der Waals surface area contributed by atoms with E-state index in [0.717, 1.165) is 5.69 Å². The van der Waals surface area contributed by atoms with Crippen molar-refractivity contribution in [2.24, 2.45) is 0 Å². The normalized spacial score (nSPS) is 12.6. The molecule has 0 spiro atoms. The number of carbonyl (C=O) groups is 1. The molecule has 9 nitrogen and oxygen atoms in total. The molecule has 0 aliphatic carbocycles. The Hall–Kier alpha value is -2.79. The highest BCUT2D eigenvalue weighted by Crippen LogP contribution is 2.37. The number of nitro benzene ring substituents is 1. The van der Waals surface area contributed by atoms with Crippen LogP contribution in [-0.4, -0.2) is 26.0 Å². The monoisotopic (exact) mass is 448 g/mol. The van der Waals surface area contributed by atoms with Crippen LogP contribution in [0.2, 0.25) is 0 Å². The van der Waals surface area contributed by atoms with Crippen LogP contribution in [0.4, 0.5) is 5.69 Å². The van der Waals surface area contributed by atoms with Gasteiger partial charge >= 0.3 is 5.97 Å². The Morgan fingerprint density at radius 3 is 2.63 bits per heavy atom. The molecule has 0 fully saturated rings. The van der Waals surface area contributed by atoms with Crippen molar-refractivity contribution in [2.75, 3.05) is 0 Å². The summed E-state index contributed by atoms with van der Waals surface area (Å²) in [6.07, 6.45) is -0.799. The van der Waals surface area contributed by atoms with Crippen molar-refractivity contribution < 1.29 is 19.0 Å². The molecule has 11 heteroatoms. The third kappa shape index (κ3) is 5.03. The zero-order chi connectivity index (χ0) is 22.1. The Balaban J connectivity index is 1.77. The van der Waals surface area contributed by atoms with E-state index in [0.29, 0.717) is 15.1 Å². The van der Waals surface area contributed by atoms with Crippen molar-refractivity contribution in [3.63, 3.8) is 0 Å². The molecule has 3 rings (SSSR count). The minimum atomic E-state index is -0.799. The van der Waals surface area contributed by atoms with Crippen molar-refractivity contribution in [3.8, 4) is 0 Å². The summed E-state index contributed by atoms with van der Waals surface area (Å²) in [5.41, 5.74) is 0.400. The van der Waals surface area contributed by atoms with Crippen LogP contribution < -0.4 is 0 Å². The molecule has 2 aromatic heterocycles. The number of hydrogen-bond acceptors (Lipinski definition) is 10. The minimum absolute atomic E-state index is 0.0591. The highest BCUT2D eigenvalue weighted by Gasteiger charge is 2.26. The molecule has 158 valence electrons. The smallest absolute Gasteiger partial charge is 0.339 e. The number of aryl methyl sites for hydroxylation is 1. The maximum atomic E-state index is 12.5. The molecule has 30 heavy (non-hydrogen) atoms. The average Bonchev–Trinajstić information content (AvgIpc) is 3.31. The van der Waals surface area contributed by atoms with E-state index in [1.54, 1.807) is 6.92 Å². The topological polar surface area (TPSA) is 121 Å². The van der Waals surface area contributed by atoms with Gasteiger partial charge in [-0.2, -0.15) is 4.98 Å². The van der Waals surface area contributed by atoms with E-state index in [1.165, 1.54) is 41.3 Å². The number of ether oxygens (including phenoxy) is 1. The Morgan fingerprint density at radius 1 is 1.33 bits per heavy atom. The van der Waals surface area contributed by atoms with E-state index in [1.807, 2.05) is 33.1 Å². The third-order valence-electron chi connectivity index (χ3n) is 3.93. The van der Waals surface area contributed by atoms with E-state index in [-0.39, 0.29) is 22.6 Å². The largest absolute Gasteiger partial charge is 0.449 e. The number of rotatable bonds is 6. The standard InChI is InChI=1S/C19H20N4O5S2/c1-10-9-29-18(20-10)30-14-7-6-12(8-13(14)23(25)26)16(24)27-11(2)15-21-17(22-28-15)19(3,4)5/h6-9,11H,1-5H3/t11-/m1/s1. The van der Waals surface area contributed by atoms with E-state index in [4.69, 9.17) is 9.26 Å². The predicted molar refractivity (Wildman–Crippen MR) is 111 cm³/mol. The van der Waals surface area contributed by atoms with E-state index in [2.05, 4.69) is 15.1 Å². The highest BCUT2D eigenvalue weighted by molar-refractivity contribution is 8.01. The molecular weight excluding hydrogens is 428 g/mol. The van der Waals surface area contributed by atoms with Crippen LogP contribution in [0, 0.1) is 17.0 Å². The lowest BCUT2D eigenvalue weighted by Gasteiger charge is -2.12. The summed E-state index contributed by atoms with van der Waals surface area (Å²) in [6.45, 7) is 9.25. The summed E-state index contributed by atoms with van der Waals surface area (Å²) in [7, 11) is 0. The summed E-state index contributed by atoms with van der Waals surface area (Å²) in [5.74, 6) is -0.0633. The van der Waals surface area contributed by atoms with Crippen LogP contribution in [0.25, 0.3) is 0 Å². The lowest BCUT2D eigenvalue weighted by molar-refractivity contribution is -0.387. The average molecular weight is 449 g/mol. The summed E-state index contributed by atoms with van der Waals surface area (Å²) in [5, 5.41) is 17.3. The predicted octanol–water partition coefficient (Wildman–Crippen LogP) is 5.11. The highest BCUT2D eigenvalue weighted by atomic mass is 32.2. The second kappa shape index (κ2) is 8.52. The molecule has 0 N–H and O–H groups in total. The second-order valence-corrected chi connectivity index (χ2v) is 9.70. The van der Waals surface area contributed by atoms with Crippen molar-refractivity contribution in [1.82, 2.24) is 15.1 Å². The van der Waals surface area contributed by atoms with Gasteiger partial charge in [0.2, 0.25) is 0 Å². The molecule has 0 aliphatic rings. The van der Waals surface area contributed by atoms with Gasteiger partial charge in [0.25, 0.3) is 11.6 Å². The fourth-order valence-electron chi connectivity index (χ4n) is 2.33. The lowest BCUT2D eigenvalue weighted by Crippen LogP contribution is -2.14. The fourth-order valence-corrected chi connectivity index (χ4v) is 4.21. The van der Waals surface area contributed by atoms with Gasteiger partial charge in [0.15, 0.2) is 16.3 Å². The van der Waals surface area contributed by atoms with Gasteiger partial charge in [-0.1, -0.05) is 37.7 Å². The van der Waals surface area contributed by atoms with Gasteiger partial charge in [-0.05, 0) is 26.0 Å². The van der Waals surface area contributed by atoms with Gasteiger partial charge < -0.3 is 9.26 Å². The molecule has 1 aromatic carbocycles. The Labute approximate surface area is 181 Å². The summed E-state index contributed by atoms with van der Waals surface area (Å²) < 4.78 is 11.2. The van der Waals surface area contributed by atoms with Crippen molar-refractivity contribution in [3.05, 3.63) is 56.7 Å². The minimum Gasteiger partial charge on any atom is -0.449 e. The molecule has 0 saturated heterocycles. The summed E-state index contributed by atoms with van der Waals surface area (Å²) >= 11 is 2.58. The molecule has 0 aliphatic heterocycles. The first kappa shape index (κ1) is 21.9. The number of nitrogens with zero attached hydrogens (tertiary/aromatic N) is 4. The van der Waals surface area contributed by atoms with Crippen LogP contribution in [0.3, 0.4) is 0 Å². The number of carbonyl (C=O) groups excluding carboxylic acids is 1. The molecular formula is C19H20N4O5S2. The van der Waals surface area contributed by atoms with Gasteiger partial charge in [0, 0.05) is 22.6 Å². The number of thiazole rings is 1. The van der Waals surface area contributed by atoms with Crippen LogP contribution in [-0.2, 0) is 10.2 Å². The van der Waals surface area contributed by atoms with Gasteiger partial charge in [-0.25, -0.2) is 9.78 Å². The van der Waals surface area contributed by atoms with Gasteiger partial charge in [0.05, 0.1) is 15.4 Å². The maximum Gasteiger partial charge on any atom is 0.339 e. The number of benzene rings is 1. The molecule has 2 heterocycles. The number of hydrogen-bond donors (Lipinski definition) is 0. The van der Waals surface area contributed by atoms with Crippen molar-refractivity contribution in [2.45, 2.75) is 55.4 Å². The first-order chi connectivity index (χ1) is 14.0. The van der Waals surface area contributed by atoms with Gasteiger partial charge in [0.1, 0.15) is 0 Å². The number of esters is 1. The molecule has 0 radical (unpaired) electrons. The molecule has 1 atom stereocenters. The Kier molecular flexibility index (Phi) is 6.22. The van der Waals surface area contributed by atoms with Gasteiger partial charge in [-0.15, -0.1) is 11.3 Å². The third-order valence-corrected chi connectivity index (χ3v) is 6.05. The lowest BCUT2D eigenvalue weighted by atomic mass is 9.96. The molecule has 0 unspecified atom stereocenters. The first-order valence-electron chi connectivity index (χ1n) is 8.98. The SMILES string of the molecule is Cc1csc(Sc2ccc(C(=O)O[C@H](C)c3nc(C(C)(C)C)no3)cc2[N+](=O)[O-])n1. The zero-order valence-electron chi connectivity index (χ0n) is 17.0. The molecule has 0 amide bonds. The number of nitro groups is 1. The quantitative estimate of drug-likeness (QED) is 0.287. The van der Waals surface area contributed by atoms with E-state index >= 15 is 0 Å².